The second kappa shape index (κ2) is 6.49. The van der Waals surface area contributed by atoms with Crippen LogP contribution in [0.3, 0.4) is 0 Å². The molecule has 1 amide bonds. The number of benzene rings is 2. The molecule has 104 valence electrons. The van der Waals surface area contributed by atoms with Gasteiger partial charge in [0.25, 0.3) is 5.91 Å². The number of nitrogens with two attached hydrogens (primary N) is 1. The fourth-order valence-corrected chi connectivity index (χ4v) is 1.92. The monoisotopic (exact) mass is 338 g/mol. The third-order valence-corrected chi connectivity index (χ3v) is 3.13. The Morgan fingerprint density at radius 1 is 1.25 bits per heavy atom. The Hall–Kier alpha value is -1.92. The number of hydrogen-bond donors (Lipinski definition) is 2. The highest BCUT2D eigenvalue weighted by atomic mass is 79.9. The number of hydrazine groups is 1. The van der Waals surface area contributed by atoms with Crippen molar-refractivity contribution in [2.24, 2.45) is 5.84 Å². The number of carbonyl (C=O) groups excluding carboxylic acids is 1. The molecular formula is C14H12BrFN2O2. The molecule has 20 heavy (non-hydrogen) atoms. The van der Waals surface area contributed by atoms with Gasteiger partial charge < -0.3 is 4.74 Å². The van der Waals surface area contributed by atoms with Crippen LogP contribution in [0.25, 0.3) is 0 Å². The number of rotatable bonds is 4. The fourth-order valence-electron chi connectivity index (χ4n) is 1.58. The molecule has 2 rings (SSSR count). The SMILES string of the molecule is NNC(=O)c1ccc(COc2cc(Br)ccc2F)cc1. The van der Waals surface area contributed by atoms with Crippen molar-refractivity contribution in [3.8, 4) is 5.75 Å². The molecule has 0 bridgehead atoms. The minimum absolute atomic E-state index is 0.170. The normalized spacial score (nSPS) is 10.2. The molecule has 0 atom stereocenters. The summed E-state index contributed by atoms with van der Waals surface area (Å²) in [5.41, 5.74) is 3.31. The van der Waals surface area contributed by atoms with E-state index in [2.05, 4.69) is 15.9 Å². The van der Waals surface area contributed by atoms with Gasteiger partial charge in [-0.15, -0.1) is 0 Å². The molecule has 0 radical (unpaired) electrons. The summed E-state index contributed by atoms with van der Waals surface area (Å²) < 4.78 is 19.6. The Morgan fingerprint density at radius 2 is 1.95 bits per heavy atom. The van der Waals surface area contributed by atoms with Crippen LogP contribution in [0.5, 0.6) is 5.75 Å². The van der Waals surface area contributed by atoms with E-state index in [1.807, 2.05) is 5.43 Å². The molecule has 0 aromatic heterocycles. The molecule has 3 N–H and O–H groups in total. The van der Waals surface area contributed by atoms with Gasteiger partial charge in [0.1, 0.15) is 6.61 Å². The molecule has 0 saturated heterocycles. The number of nitrogens with one attached hydrogen (secondary N) is 1. The average Bonchev–Trinajstić information content (AvgIpc) is 2.48. The van der Waals surface area contributed by atoms with E-state index in [9.17, 15) is 9.18 Å². The molecule has 2 aromatic rings. The zero-order valence-corrected chi connectivity index (χ0v) is 12.0. The Labute approximate surface area is 123 Å². The van der Waals surface area contributed by atoms with Gasteiger partial charge in [-0.2, -0.15) is 0 Å². The second-order valence-electron chi connectivity index (χ2n) is 4.03. The first-order valence-corrected chi connectivity index (χ1v) is 6.57. The lowest BCUT2D eigenvalue weighted by Crippen LogP contribution is -2.29. The van der Waals surface area contributed by atoms with Crippen molar-refractivity contribution < 1.29 is 13.9 Å². The van der Waals surface area contributed by atoms with E-state index in [4.69, 9.17) is 10.6 Å². The highest BCUT2D eigenvalue weighted by Gasteiger charge is 2.06. The van der Waals surface area contributed by atoms with Crippen LogP contribution in [0.4, 0.5) is 4.39 Å². The number of amides is 1. The Bertz CT molecular complexity index is 617. The summed E-state index contributed by atoms with van der Waals surface area (Å²) in [5, 5.41) is 0. The number of carbonyl (C=O) groups is 1. The summed E-state index contributed by atoms with van der Waals surface area (Å²) in [4.78, 5) is 11.3. The van der Waals surface area contributed by atoms with Crippen molar-refractivity contribution in [2.75, 3.05) is 0 Å². The molecule has 4 nitrogen and oxygen atoms in total. The van der Waals surface area contributed by atoms with Crippen molar-refractivity contribution in [1.82, 2.24) is 5.43 Å². The third kappa shape index (κ3) is 3.55. The summed E-state index contributed by atoms with van der Waals surface area (Å²) in [7, 11) is 0. The van der Waals surface area contributed by atoms with Gasteiger partial charge in [0.2, 0.25) is 0 Å². The zero-order valence-electron chi connectivity index (χ0n) is 10.4. The first-order valence-electron chi connectivity index (χ1n) is 5.78. The van der Waals surface area contributed by atoms with Crippen LogP contribution < -0.4 is 16.0 Å². The van der Waals surface area contributed by atoms with Crippen molar-refractivity contribution in [2.45, 2.75) is 6.61 Å². The van der Waals surface area contributed by atoms with Crippen LogP contribution in [-0.4, -0.2) is 5.91 Å². The average molecular weight is 339 g/mol. The van der Waals surface area contributed by atoms with Gasteiger partial charge >= 0.3 is 0 Å². The van der Waals surface area contributed by atoms with E-state index in [-0.39, 0.29) is 18.3 Å². The largest absolute Gasteiger partial charge is 0.486 e. The maximum atomic E-state index is 13.5. The maximum absolute atomic E-state index is 13.5. The standard InChI is InChI=1S/C14H12BrFN2O2/c15-11-5-6-12(16)13(7-11)20-8-9-1-3-10(4-2-9)14(19)18-17/h1-7H,8,17H2,(H,18,19). The van der Waals surface area contributed by atoms with E-state index in [1.54, 1.807) is 36.4 Å². The van der Waals surface area contributed by atoms with Crippen molar-refractivity contribution in [3.05, 3.63) is 63.9 Å². The smallest absolute Gasteiger partial charge is 0.265 e. The van der Waals surface area contributed by atoms with Crippen molar-refractivity contribution in [3.63, 3.8) is 0 Å². The molecule has 6 heteroatoms. The minimum Gasteiger partial charge on any atom is -0.486 e. The van der Waals surface area contributed by atoms with Gasteiger partial charge in [-0.1, -0.05) is 28.1 Å². The van der Waals surface area contributed by atoms with E-state index < -0.39 is 5.82 Å². The topological polar surface area (TPSA) is 64.3 Å². The Kier molecular flexibility index (Phi) is 4.70. The van der Waals surface area contributed by atoms with Crippen LogP contribution in [0, 0.1) is 5.82 Å². The van der Waals surface area contributed by atoms with Gasteiger partial charge in [0.05, 0.1) is 0 Å². The minimum atomic E-state index is -0.424. The third-order valence-electron chi connectivity index (χ3n) is 2.63. The van der Waals surface area contributed by atoms with Crippen LogP contribution in [0.2, 0.25) is 0 Å². The molecule has 0 spiro atoms. The number of halogens is 2. The second-order valence-corrected chi connectivity index (χ2v) is 4.95. The Balaban J connectivity index is 2.04. The molecule has 0 fully saturated rings. The fraction of sp³-hybridized carbons (Fsp3) is 0.0714. The maximum Gasteiger partial charge on any atom is 0.265 e. The Morgan fingerprint density at radius 3 is 2.60 bits per heavy atom. The molecule has 2 aromatic carbocycles. The predicted octanol–water partition coefficient (Wildman–Crippen LogP) is 2.77. The molecule has 0 aliphatic rings. The molecule has 0 aliphatic carbocycles. The molecular weight excluding hydrogens is 327 g/mol. The van der Waals surface area contributed by atoms with Gasteiger partial charge in [-0.3, -0.25) is 10.2 Å². The number of nitrogen functional groups attached to an aromatic ring is 1. The van der Waals surface area contributed by atoms with E-state index >= 15 is 0 Å². The van der Waals surface area contributed by atoms with Crippen molar-refractivity contribution in [1.29, 1.82) is 0 Å². The van der Waals surface area contributed by atoms with Gasteiger partial charge in [0.15, 0.2) is 11.6 Å². The lowest BCUT2D eigenvalue weighted by atomic mass is 10.1. The van der Waals surface area contributed by atoms with Gasteiger partial charge in [-0.05, 0) is 35.9 Å². The zero-order chi connectivity index (χ0) is 14.5. The first-order chi connectivity index (χ1) is 9.60. The quantitative estimate of drug-likeness (QED) is 0.511. The highest BCUT2D eigenvalue weighted by Crippen LogP contribution is 2.23. The summed E-state index contributed by atoms with van der Waals surface area (Å²) in [6.45, 7) is 0.206. The highest BCUT2D eigenvalue weighted by molar-refractivity contribution is 9.10. The molecule has 0 heterocycles. The number of hydrogen-bond acceptors (Lipinski definition) is 3. The molecule has 0 aliphatic heterocycles. The van der Waals surface area contributed by atoms with Crippen LogP contribution in [0.15, 0.2) is 46.9 Å². The molecule has 0 saturated carbocycles. The summed E-state index contributed by atoms with van der Waals surface area (Å²) in [5.74, 6) is 4.42. The summed E-state index contributed by atoms with van der Waals surface area (Å²) >= 11 is 3.25. The lowest BCUT2D eigenvalue weighted by molar-refractivity contribution is 0.0953. The summed E-state index contributed by atoms with van der Waals surface area (Å²) in [6.07, 6.45) is 0. The van der Waals surface area contributed by atoms with Crippen LogP contribution in [-0.2, 0) is 6.61 Å². The van der Waals surface area contributed by atoms with Crippen molar-refractivity contribution >= 4 is 21.8 Å². The number of ether oxygens (including phenoxy) is 1. The van der Waals surface area contributed by atoms with E-state index in [1.165, 1.54) is 6.07 Å². The van der Waals surface area contributed by atoms with Crippen LogP contribution >= 0.6 is 15.9 Å². The van der Waals surface area contributed by atoms with Gasteiger partial charge in [0, 0.05) is 10.0 Å². The van der Waals surface area contributed by atoms with Gasteiger partial charge in [-0.25, -0.2) is 10.2 Å². The molecule has 0 unspecified atom stereocenters. The first kappa shape index (κ1) is 14.5. The lowest BCUT2D eigenvalue weighted by Gasteiger charge is -2.08. The van der Waals surface area contributed by atoms with E-state index in [0.717, 1.165) is 10.0 Å². The predicted molar refractivity (Wildman–Crippen MR) is 76.5 cm³/mol. The van der Waals surface area contributed by atoms with E-state index in [0.29, 0.717) is 5.56 Å². The summed E-state index contributed by atoms with van der Waals surface area (Å²) in [6, 6.07) is 11.2. The van der Waals surface area contributed by atoms with Crippen LogP contribution in [0.1, 0.15) is 15.9 Å².